The maximum Gasteiger partial charge on any atom is 0.306 e. The number of halogens is 1. The van der Waals surface area contributed by atoms with Crippen LogP contribution in [0.3, 0.4) is 0 Å². The fourth-order valence-corrected chi connectivity index (χ4v) is 1.22. The number of carbonyl (C=O) groups is 1. The van der Waals surface area contributed by atoms with E-state index in [4.69, 9.17) is 17.3 Å². The Labute approximate surface area is 95.9 Å². The van der Waals surface area contributed by atoms with E-state index in [-0.39, 0.29) is 17.1 Å². The molecule has 0 bridgehead atoms. The number of hydrogen-bond donors (Lipinski definition) is 1. The molecule has 0 saturated heterocycles. The third-order valence-electron chi connectivity index (χ3n) is 1.70. The highest BCUT2D eigenvalue weighted by atomic mass is 35.5. The zero-order chi connectivity index (χ0) is 12.1. The van der Waals surface area contributed by atoms with Gasteiger partial charge in [-0.25, -0.2) is 0 Å². The fraction of sp³-hybridized carbons (Fsp3) is 0.111. The van der Waals surface area contributed by atoms with Gasteiger partial charge in [-0.2, -0.15) is 0 Å². The number of amides is 1. The van der Waals surface area contributed by atoms with Crippen LogP contribution in [-0.4, -0.2) is 15.8 Å². The molecule has 0 spiro atoms. The van der Waals surface area contributed by atoms with Crippen molar-refractivity contribution in [3.63, 3.8) is 0 Å². The average Bonchev–Trinajstić information content (AvgIpc) is 2.19. The first-order chi connectivity index (χ1) is 7.52. The molecule has 16 heavy (non-hydrogen) atoms. The quantitative estimate of drug-likeness (QED) is 0.638. The molecule has 7 heteroatoms. The number of nitrogens with zero attached hydrogens (tertiary/aromatic N) is 2. The van der Waals surface area contributed by atoms with Crippen molar-refractivity contribution in [3.8, 4) is 0 Å². The van der Waals surface area contributed by atoms with Crippen molar-refractivity contribution < 1.29 is 9.72 Å². The fourth-order valence-electron chi connectivity index (χ4n) is 0.995. The molecular formula is C9H8ClN3O3. The zero-order valence-electron chi connectivity index (χ0n) is 8.09. The number of aromatic nitrogens is 1. The highest BCUT2D eigenvalue weighted by Crippen LogP contribution is 2.27. The molecule has 1 amide bonds. The molecule has 0 atom stereocenters. The normalized spacial score (nSPS) is 10.6. The lowest BCUT2D eigenvalue weighted by Gasteiger charge is -1.98. The summed E-state index contributed by atoms with van der Waals surface area (Å²) in [5, 5.41) is 10.5. The van der Waals surface area contributed by atoms with Crippen LogP contribution in [0.25, 0.3) is 6.08 Å². The van der Waals surface area contributed by atoms with E-state index >= 15 is 0 Å². The summed E-state index contributed by atoms with van der Waals surface area (Å²) in [6.45, 7) is 0. The monoisotopic (exact) mass is 241 g/mol. The predicted molar refractivity (Wildman–Crippen MR) is 58.7 cm³/mol. The number of nitrogens with two attached hydrogens (primary N) is 1. The molecule has 0 fully saturated rings. The number of pyridine rings is 1. The molecule has 0 saturated carbocycles. The van der Waals surface area contributed by atoms with Gasteiger partial charge in [-0.05, 0) is 0 Å². The lowest BCUT2D eigenvalue weighted by Crippen LogP contribution is -2.07. The first kappa shape index (κ1) is 12.1. The van der Waals surface area contributed by atoms with Gasteiger partial charge in [0.25, 0.3) is 0 Å². The van der Waals surface area contributed by atoms with Crippen LogP contribution >= 0.6 is 11.6 Å². The highest BCUT2D eigenvalue weighted by Gasteiger charge is 2.14. The van der Waals surface area contributed by atoms with Crippen LogP contribution in [-0.2, 0) is 4.79 Å². The van der Waals surface area contributed by atoms with E-state index in [1.54, 1.807) is 0 Å². The Hall–Kier alpha value is -1.95. The maximum atomic E-state index is 10.5. The Bertz CT molecular complexity index is 459. The molecule has 0 radical (unpaired) electrons. The molecule has 84 valence electrons. The van der Waals surface area contributed by atoms with Crippen molar-refractivity contribution in [2.75, 3.05) is 0 Å². The van der Waals surface area contributed by atoms with Crippen molar-refractivity contribution in [3.05, 3.63) is 39.2 Å². The number of rotatable bonds is 4. The minimum atomic E-state index is -0.624. The Morgan fingerprint density at radius 3 is 2.88 bits per heavy atom. The second kappa shape index (κ2) is 5.22. The molecule has 0 unspecified atom stereocenters. The van der Waals surface area contributed by atoms with Crippen molar-refractivity contribution in [1.29, 1.82) is 0 Å². The van der Waals surface area contributed by atoms with E-state index in [9.17, 15) is 14.9 Å². The van der Waals surface area contributed by atoms with Crippen LogP contribution in [0, 0.1) is 10.1 Å². The zero-order valence-corrected chi connectivity index (χ0v) is 8.85. The van der Waals surface area contributed by atoms with Gasteiger partial charge >= 0.3 is 5.69 Å². The number of primary amides is 1. The molecule has 0 aliphatic heterocycles. The second-order valence-electron chi connectivity index (χ2n) is 2.89. The van der Waals surface area contributed by atoms with Crippen molar-refractivity contribution in [2.45, 2.75) is 6.42 Å². The summed E-state index contributed by atoms with van der Waals surface area (Å²) >= 11 is 5.77. The van der Waals surface area contributed by atoms with Gasteiger partial charge in [0.1, 0.15) is 11.2 Å². The second-order valence-corrected chi connectivity index (χ2v) is 3.27. The first-order valence-corrected chi connectivity index (χ1v) is 4.63. The minimum Gasteiger partial charge on any atom is -0.369 e. The molecular weight excluding hydrogens is 234 g/mol. The molecule has 0 aliphatic carbocycles. The van der Waals surface area contributed by atoms with Gasteiger partial charge < -0.3 is 5.73 Å². The van der Waals surface area contributed by atoms with Crippen molar-refractivity contribution >= 4 is 29.3 Å². The molecule has 0 aliphatic rings. The number of nitro groups is 1. The molecule has 2 N–H and O–H groups in total. The van der Waals surface area contributed by atoms with Crippen LogP contribution in [0.4, 0.5) is 5.69 Å². The Morgan fingerprint density at radius 1 is 1.62 bits per heavy atom. The summed E-state index contributed by atoms with van der Waals surface area (Å²) in [6.07, 6.45) is 5.40. The first-order valence-electron chi connectivity index (χ1n) is 4.25. The molecule has 1 rings (SSSR count). The standard InChI is InChI=1S/C9H8ClN3O3/c10-9-6(2-1-3-8(11)14)4-12-5-7(9)13(15)16/h1-2,4-5H,3H2,(H2,11,14). The highest BCUT2D eigenvalue weighted by molar-refractivity contribution is 6.34. The van der Waals surface area contributed by atoms with Gasteiger partial charge in [0, 0.05) is 18.2 Å². The molecule has 6 nitrogen and oxygen atoms in total. The smallest absolute Gasteiger partial charge is 0.306 e. The van der Waals surface area contributed by atoms with E-state index in [1.807, 2.05) is 0 Å². The van der Waals surface area contributed by atoms with Crippen molar-refractivity contribution in [2.24, 2.45) is 5.73 Å². The summed E-state index contributed by atoms with van der Waals surface area (Å²) in [5.74, 6) is -0.495. The maximum absolute atomic E-state index is 10.5. The molecule has 1 aromatic rings. The summed E-state index contributed by atoms with van der Waals surface area (Å²) in [7, 11) is 0. The Kier molecular flexibility index (Phi) is 3.96. The van der Waals surface area contributed by atoms with Crippen LogP contribution < -0.4 is 5.73 Å². The summed E-state index contributed by atoms with van der Waals surface area (Å²) in [6, 6.07) is 0. The van der Waals surface area contributed by atoms with Gasteiger partial charge in [0.05, 0.1) is 4.92 Å². The third-order valence-corrected chi connectivity index (χ3v) is 2.11. The van der Waals surface area contributed by atoms with Gasteiger partial charge in [0.15, 0.2) is 0 Å². The van der Waals surface area contributed by atoms with Crippen LogP contribution in [0.15, 0.2) is 18.5 Å². The van der Waals surface area contributed by atoms with Gasteiger partial charge in [-0.1, -0.05) is 23.8 Å². The summed E-state index contributed by atoms with van der Waals surface area (Å²) in [5.41, 5.74) is 5.02. The number of carbonyl (C=O) groups excluding carboxylic acids is 1. The van der Waals surface area contributed by atoms with E-state index < -0.39 is 10.8 Å². The van der Waals surface area contributed by atoms with Crippen LogP contribution in [0.5, 0.6) is 0 Å². The predicted octanol–water partition coefficient (Wildman–Crippen LogP) is 1.53. The minimum absolute atomic E-state index is 0.0132. The topological polar surface area (TPSA) is 99.1 Å². The van der Waals surface area contributed by atoms with Gasteiger partial charge in [0.2, 0.25) is 5.91 Å². The van der Waals surface area contributed by atoms with E-state index in [0.717, 1.165) is 6.20 Å². The third kappa shape index (κ3) is 3.03. The lowest BCUT2D eigenvalue weighted by atomic mass is 10.2. The Morgan fingerprint density at radius 2 is 2.31 bits per heavy atom. The van der Waals surface area contributed by atoms with Crippen LogP contribution in [0.1, 0.15) is 12.0 Å². The molecule has 0 aromatic carbocycles. The SMILES string of the molecule is NC(=O)CC=Cc1cncc([N+](=O)[O-])c1Cl. The molecule has 1 aromatic heterocycles. The molecule has 1 heterocycles. The largest absolute Gasteiger partial charge is 0.369 e. The van der Waals surface area contributed by atoms with Crippen molar-refractivity contribution in [1.82, 2.24) is 4.98 Å². The Balaban J connectivity index is 2.97. The van der Waals surface area contributed by atoms with Crippen LogP contribution in [0.2, 0.25) is 5.02 Å². The van der Waals surface area contributed by atoms with E-state index in [2.05, 4.69) is 4.98 Å². The van der Waals surface area contributed by atoms with E-state index in [0.29, 0.717) is 5.56 Å². The van der Waals surface area contributed by atoms with Gasteiger partial charge in [-0.3, -0.25) is 19.9 Å². The summed E-state index contributed by atoms with van der Waals surface area (Å²) in [4.78, 5) is 24.0. The van der Waals surface area contributed by atoms with Gasteiger partial charge in [-0.15, -0.1) is 0 Å². The average molecular weight is 242 g/mol. The van der Waals surface area contributed by atoms with E-state index in [1.165, 1.54) is 18.3 Å². The summed E-state index contributed by atoms with van der Waals surface area (Å²) < 4.78 is 0. The lowest BCUT2D eigenvalue weighted by molar-refractivity contribution is -0.385. The number of hydrogen-bond acceptors (Lipinski definition) is 4.